The average Bonchev–Trinajstić information content (AvgIpc) is 2.83. The number of aromatic hydroxyl groups is 4. The first kappa shape index (κ1) is 32.8. The summed E-state index contributed by atoms with van der Waals surface area (Å²) in [6.45, 7) is 0. The first-order chi connectivity index (χ1) is 17.6. The van der Waals surface area contributed by atoms with E-state index in [-0.39, 0.29) is 38.3 Å². The molecule has 0 aliphatic rings. The molecular weight excluding hydrogens is 556 g/mol. The number of benzene rings is 4. The average molecular weight is 583 g/mol. The van der Waals surface area contributed by atoms with E-state index in [2.05, 4.69) is 11.5 Å². The van der Waals surface area contributed by atoms with Gasteiger partial charge in [-0.25, -0.2) is 16.8 Å². The number of phenols is 4. The van der Waals surface area contributed by atoms with Crippen molar-refractivity contribution in [2.45, 2.75) is 9.79 Å². The van der Waals surface area contributed by atoms with Crippen LogP contribution in [-0.2, 0) is 20.2 Å². The normalized spacial score (nSPS) is 10.7. The van der Waals surface area contributed by atoms with Crippen molar-refractivity contribution in [3.05, 3.63) is 84.9 Å². The maximum absolute atomic E-state index is 10.3. The molecule has 0 heterocycles. The van der Waals surface area contributed by atoms with Gasteiger partial charge < -0.3 is 46.5 Å². The van der Waals surface area contributed by atoms with Crippen LogP contribution in [0.15, 0.2) is 94.7 Å². The van der Waals surface area contributed by atoms with Crippen LogP contribution >= 0.6 is 0 Å². The molecule has 0 atom stereocenters. The molecule has 39 heavy (non-hydrogen) atoms. The largest absolute Gasteiger partial charge is 0.744 e. The van der Waals surface area contributed by atoms with Crippen molar-refractivity contribution in [3.63, 3.8) is 0 Å². The van der Waals surface area contributed by atoms with Crippen molar-refractivity contribution in [2.24, 2.45) is 0 Å². The fraction of sp³-hybridized carbons (Fsp3) is 0. The van der Waals surface area contributed by atoms with Crippen LogP contribution in [0.2, 0.25) is 0 Å². The van der Waals surface area contributed by atoms with Gasteiger partial charge in [0.25, 0.3) is 0 Å². The van der Waals surface area contributed by atoms with Crippen molar-refractivity contribution in [3.8, 4) is 34.1 Å². The molecule has 0 spiro atoms. The number of phenolic OH excluding ortho intramolecular Hbond substituents is 4. The van der Waals surface area contributed by atoms with E-state index in [1.54, 1.807) is 24.3 Å². The zero-order chi connectivity index (χ0) is 28.7. The Morgan fingerprint density at radius 1 is 0.513 bits per heavy atom. The van der Waals surface area contributed by atoms with Crippen LogP contribution in [0, 0.1) is 0 Å². The molecule has 0 unspecified atom stereocenters. The van der Waals surface area contributed by atoms with Crippen LogP contribution in [0.4, 0.5) is 11.4 Å². The molecule has 0 fully saturated rings. The van der Waals surface area contributed by atoms with Gasteiger partial charge in [-0.05, 0) is 83.9 Å². The lowest BCUT2D eigenvalue weighted by atomic mass is 10.0. The fourth-order valence-electron chi connectivity index (χ4n) is 2.71. The minimum absolute atomic E-state index is 0. The Morgan fingerprint density at radius 2 is 0.795 bits per heavy atom. The number of hydrogen-bond acceptors (Lipinski definition) is 10. The second-order valence-electron chi connectivity index (χ2n) is 7.58. The first-order valence-electron chi connectivity index (χ1n) is 10.4. The summed E-state index contributed by atoms with van der Waals surface area (Å²) in [7, 11) is -8.76. The molecule has 4 rings (SSSR count). The third kappa shape index (κ3) is 10.2. The van der Waals surface area contributed by atoms with Gasteiger partial charge in [0.1, 0.15) is 31.7 Å². The second-order valence-corrected chi connectivity index (χ2v) is 10.3. The van der Waals surface area contributed by atoms with E-state index in [0.29, 0.717) is 11.4 Å². The molecular formula is C24H26N2O11S2. The van der Waals surface area contributed by atoms with Crippen LogP contribution in [0.1, 0.15) is 0 Å². The standard InChI is InChI=1S/C12H12N2O2.2C6H6O4S.H2O/c13-9-3-1-7(5-11(9)15)8-2-4-10(14)12(16)6-8;2*7-5-1-3-6(4-2-5)11(8,9)10;/h1-6,15-16H,13-14H2;2*1-4,7H,(H,8,9,10);1H2. The summed E-state index contributed by atoms with van der Waals surface area (Å²) in [5, 5.41) is 36.5. The van der Waals surface area contributed by atoms with Gasteiger partial charge in [0.15, 0.2) is 22.9 Å². The summed E-state index contributed by atoms with van der Waals surface area (Å²) < 4.78 is 61.8. The molecule has 12 N–H and O–H groups in total. The quantitative estimate of drug-likeness (QED) is 0.179. The van der Waals surface area contributed by atoms with Crippen LogP contribution < -0.4 is 11.5 Å². The molecule has 0 aliphatic carbocycles. The van der Waals surface area contributed by atoms with Crippen molar-refractivity contribution in [1.29, 1.82) is 0 Å². The Balaban J connectivity index is 0.000000297. The van der Waals surface area contributed by atoms with E-state index in [1.165, 1.54) is 0 Å². The van der Waals surface area contributed by atoms with E-state index < -0.39 is 20.2 Å². The highest BCUT2D eigenvalue weighted by atomic mass is 32.2. The number of quaternary nitrogens is 2. The van der Waals surface area contributed by atoms with Crippen LogP contribution in [0.3, 0.4) is 0 Å². The molecule has 0 saturated heterocycles. The molecule has 0 bridgehead atoms. The highest BCUT2D eigenvalue weighted by Crippen LogP contribution is 2.30. The molecule has 0 aromatic heterocycles. The van der Waals surface area contributed by atoms with Gasteiger partial charge in [-0.15, -0.1) is 0 Å². The molecule has 0 radical (unpaired) electrons. The summed E-state index contributed by atoms with van der Waals surface area (Å²) >= 11 is 0. The molecule has 0 amide bonds. The summed E-state index contributed by atoms with van der Waals surface area (Å²) in [4.78, 5) is -0.675. The first-order valence-corrected chi connectivity index (χ1v) is 13.2. The Kier molecular flexibility index (Phi) is 11.4. The third-order valence-electron chi connectivity index (χ3n) is 4.75. The summed E-state index contributed by atoms with van der Waals surface area (Å²) in [5.74, 6) is 0.154. The van der Waals surface area contributed by atoms with Crippen LogP contribution in [0.25, 0.3) is 11.1 Å². The van der Waals surface area contributed by atoms with Crippen LogP contribution in [0.5, 0.6) is 23.0 Å². The molecule has 0 aliphatic heterocycles. The zero-order valence-corrected chi connectivity index (χ0v) is 21.7. The van der Waals surface area contributed by atoms with Gasteiger partial charge in [0, 0.05) is 12.1 Å². The van der Waals surface area contributed by atoms with Gasteiger partial charge >= 0.3 is 0 Å². The second kappa shape index (κ2) is 13.5. The highest BCUT2D eigenvalue weighted by Gasteiger charge is 2.07. The zero-order valence-electron chi connectivity index (χ0n) is 20.1. The lowest BCUT2D eigenvalue weighted by Gasteiger charge is -2.05. The fourth-order valence-corrected chi connectivity index (χ4v) is 3.65. The van der Waals surface area contributed by atoms with E-state index in [9.17, 15) is 36.2 Å². The van der Waals surface area contributed by atoms with Crippen molar-refractivity contribution in [1.82, 2.24) is 0 Å². The molecule has 15 heteroatoms. The summed E-state index contributed by atoms with van der Waals surface area (Å²) in [6, 6.07) is 19.2. The third-order valence-corrected chi connectivity index (χ3v) is 6.45. The SMILES string of the molecule is O.O=S(=O)([O-])c1ccc(O)cc1.O=S(=O)([O-])c1ccc(O)cc1.[NH3+]c1ccc(-c2ccc([NH3+])c(O)c2)cc1O. The maximum atomic E-state index is 10.3. The predicted octanol–water partition coefficient (Wildman–Crippen LogP) is 0.279. The van der Waals surface area contributed by atoms with Crippen molar-refractivity contribution >= 4 is 31.6 Å². The van der Waals surface area contributed by atoms with Gasteiger partial charge in [-0.1, -0.05) is 0 Å². The van der Waals surface area contributed by atoms with Gasteiger partial charge in [0.2, 0.25) is 0 Å². The van der Waals surface area contributed by atoms with E-state index in [0.717, 1.165) is 59.7 Å². The van der Waals surface area contributed by atoms with Crippen LogP contribution in [-0.4, -0.2) is 51.8 Å². The van der Waals surface area contributed by atoms with E-state index >= 15 is 0 Å². The molecule has 4 aromatic rings. The minimum Gasteiger partial charge on any atom is -0.744 e. The molecule has 4 aromatic carbocycles. The van der Waals surface area contributed by atoms with Crippen molar-refractivity contribution in [2.75, 3.05) is 0 Å². The number of hydrogen-bond donors (Lipinski definition) is 6. The summed E-state index contributed by atoms with van der Waals surface area (Å²) in [6.07, 6.45) is 0. The molecule has 0 saturated carbocycles. The number of rotatable bonds is 3. The van der Waals surface area contributed by atoms with Gasteiger partial charge in [0.05, 0.1) is 9.79 Å². The Labute approximate surface area is 223 Å². The lowest BCUT2D eigenvalue weighted by molar-refractivity contribution is -0.257. The lowest BCUT2D eigenvalue weighted by Crippen LogP contribution is -2.40. The maximum Gasteiger partial charge on any atom is 0.177 e. The summed E-state index contributed by atoms with van der Waals surface area (Å²) in [5.41, 5.74) is 10.2. The monoisotopic (exact) mass is 582 g/mol. The predicted molar refractivity (Wildman–Crippen MR) is 136 cm³/mol. The van der Waals surface area contributed by atoms with Crippen molar-refractivity contribution < 1.29 is 63.3 Å². The Morgan fingerprint density at radius 3 is 1.03 bits per heavy atom. The van der Waals surface area contributed by atoms with Gasteiger partial charge in [-0.2, -0.15) is 0 Å². The smallest absolute Gasteiger partial charge is 0.177 e. The van der Waals surface area contributed by atoms with Gasteiger partial charge in [-0.3, -0.25) is 0 Å². The molecule has 210 valence electrons. The molecule has 13 nitrogen and oxygen atoms in total. The van der Waals surface area contributed by atoms with E-state index in [4.69, 9.17) is 10.2 Å². The Hall–Kier alpha value is -4.22. The Bertz CT molecular complexity index is 1480. The highest BCUT2D eigenvalue weighted by molar-refractivity contribution is 7.86. The topological polar surface area (TPSA) is 282 Å². The van der Waals surface area contributed by atoms with E-state index in [1.807, 2.05) is 12.1 Å². The minimum atomic E-state index is -4.38.